The number of imidazole rings is 1. The van der Waals surface area contributed by atoms with E-state index in [0.29, 0.717) is 30.5 Å². The molecule has 3 heterocycles. The summed E-state index contributed by atoms with van der Waals surface area (Å²) in [6.45, 7) is 6.31. The zero-order chi connectivity index (χ0) is 19.7. The molecule has 0 saturated heterocycles. The van der Waals surface area contributed by atoms with Crippen molar-refractivity contribution in [3.8, 4) is 0 Å². The van der Waals surface area contributed by atoms with Crippen molar-refractivity contribution in [2.45, 2.75) is 52.5 Å². The summed E-state index contributed by atoms with van der Waals surface area (Å²) in [5, 5.41) is 2.97. The van der Waals surface area contributed by atoms with Gasteiger partial charge in [0.25, 0.3) is 11.8 Å². The van der Waals surface area contributed by atoms with Crippen LogP contribution in [0.25, 0.3) is 0 Å². The molecule has 1 aromatic carbocycles. The molecule has 28 heavy (non-hydrogen) atoms. The van der Waals surface area contributed by atoms with Crippen molar-refractivity contribution in [2.24, 2.45) is 5.92 Å². The average Bonchev–Trinajstić information content (AvgIpc) is 3.29. The van der Waals surface area contributed by atoms with E-state index in [2.05, 4.69) is 30.2 Å². The van der Waals surface area contributed by atoms with Crippen LogP contribution in [-0.4, -0.2) is 34.5 Å². The molecule has 0 atom stereocenters. The molecule has 2 amide bonds. The SMILES string of the molecule is CC(C)CCNC(=O)c1nc(C(=O)N2CCc3ccccc32)c2n1CCCC2. The van der Waals surface area contributed by atoms with Crippen LogP contribution in [0.2, 0.25) is 0 Å². The lowest BCUT2D eigenvalue weighted by Gasteiger charge is -2.19. The van der Waals surface area contributed by atoms with Crippen LogP contribution < -0.4 is 10.2 Å². The summed E-state index contributed by atoms with van der Waals surface area (Å²) in [5.74, 6) is 0.651. The van der Waals surface area contributed by atoms with E-state index >= 15 is 0 Å². The lowest BCUT2D eigenvalue weighted by atomic mass is 10.1. The van der Waals surface area contributed by atoms with Gasteiger partial charge in [-0.1, -0.05) is 32.0 Å². The molecule has 2 aliphatic rings. The molecule has 4 rings (SSSR count). The molecular weight excluding hydrogens is 352 g/mol. The first kappa shape index (κ1) is 18.7. The molecule has 0 unspecified atom stereocenters. The minimum absolute atomic E-state index is 0.0863. The van der Waals surface area contributed by atoms with Gasteiger partial charge in [-0.2, -0.15) is 0 Å². The van der Waals surface area contributed by atoms with Gasteiger partial charge in [-0.3, -0.25) is 9.59 Å². The Balaban J connectivity index is 1.62. The van der Waals surface area contributed by atoms with Crippen molar-refractivity contribution in [1.82, 2.24) is 14.9 Å². The molecule has 2 aromatic rings. The summed E-state index contributed by atoms with van der Waals surface area (Å²) in [7, 11) is 0. The number of nitrogens with one attached hydrogen (secondary N) is 1. The highest BCUT2D eigenvalue weighted by Gasteiger charge is 2.32. The van der Waals surface area contributed by atoms with Gasteiger partial charge in [0, 0.05) is 25.3 Å². The zero-order valence-corrected chi connectivity index (χ0v) is 16.7. The first-order valence-corrected chi connectivity index (χ1v) is 10.3. The lowest BCUT2D eigenvalue weighted by Crippen LogP contribution is -2.30. The van der Waals surface area contributed by atoms with Crippen LogP contribution in [0.15, 0.2) is 24.3 Å². The number of para-hydroxylation sites is 1. The number of nitrogens with zero attached hydrogens (tertiary/aromatic N) is 3. The smallest absolute Gasteiger partial charge is 0.287 e. The van der Waals surface area contributed by atoms with Gasteiger partial charge in [0.15, 0.2) is 11.5 Å². The number of hydrogen-bond donors (Lipinski definition) is 1. The number of rotatable bonds is 5. The fourth-order valence-electron chi connectivity index (χ4n) is 4.12. The van der Waals surface area contributed by atoms with Gasteiger partial charge in [-0.05, 0) is 49.7 Å². The van der Waals surface area contributed by atoms with Gasteiger partial charge in [-0.15, -0.1) is 0 Å². The van der Waals surface area contributed by atoms with Gasteiger partial charge in [0.05, 0.1) is 5.69 Å². The first-order chi connectivity index (χ1) is 13.6. The van der Waals surface area contributed by atoms with E-state index in [1.54, 1.807) is 0 Å². The third-order valence-corrected chi connectivity index (χ3v) is 5.66. The number of aromatic nitrogens is 2. The Labute approximate surface area is 165 Å². The van der Waals surface area contributed by atoms with E-state index in [1.807, 2.05) is 27.7 Å². The highest BCUT2D eigenvalue weighted by Crippen LogP contribution is 2.30. The van der Waals surface area contributed by atoms with Crippen molar-refractivity contribution in [3.05, 3.63) is 47.0 Å². The second kappa shape index (κ2) is 7.78. The number of anilines is 1. The molecule has 1 N–H and O–H groups in total. The maximum atomic E-state index is 13.3. The number of carbonyl (C=O) groups excluding carboxylic acids is 2. The number of benzene rings is 1. The van der Waals surface area contributed by atoms with Crippen LogP contribution in [0.3, 0.4) is 0 Å². The van der Waals surface area contributed by atoms with E-state index in [4.69, 9.17) is 0 Å². The minimum Gasteiger partial charge on any atom is -0.349 e. The van der Waals surface area contributed by atoms with E-state index in [-0.39, 0.29) is 11.8 Å². The van der Waals surface area contributed by atoms with Gasteiger partial charge in [0.2, 0.25) is 0 Å². The second-order valence-corrected chi connectivity index (χ2v) is 8.11. The molecular formula is C22H28N4O2. The Hall–Kier alpha value is -2.63. The Morgan fingerprint density at radius 3 is 2.79 bits per heavy atom. The van der Waals surface area contributed by atoms with Crippen molar-refractivity contribution in [2.75, 3.05) is 18.0 Å². The summed E-state index contributed by atoms with van der Waals surface area (Å²) in [6, 6.07) is 8.02. The molecule has 0 bridgehead atoms. The number of hydrogen-bond acceptors (Lipinski definition) is 3. The Morgan fingerprint density at radius 1 is 1.14 bits per heavy atom. The molecule has 148 valence electrons. The normalized spacial score (nSPS) is 15.5. The summed E-state index contributed by atoms with van der Waals surface area (Å²) >= 11 is 0. The summed E-state index contributed by atoms with van der Waals surface area (Å²) in [5.41, 5.74) is 3.52. The van der Waals surface area contributed by atoms with Gasteiger partial charge in [-0.25, -0.2) is 4.98 Å². The van der Waals surface area contributed by atoms with Gasteiger partial charge in [0.1, 0.15) is 0 Å². The molecule has 0 saturated carbocycles. The van der Waals surface area contributed by atoms with Gasteiger partial charge >= 0.3 is 0 Å². The van der Waals surface area contributed by atoms with Crippen molar-refractivity contribution >= 4 is 17.5 Å². The summed E-state index contributed by atoms with van der Waals surface area (Å²) < 4.78 is 1.96. The number of carbonyl (C=O) groups is 2. The standard InChI is InChI=1S/C22H28N4O2/c1-15(2)10-12-23-21(27)20-24-19(18-9-5-6-13-25(18)20)22(28)26-14-11-16-7-3-4-8-17(16)26/h3-4,7-8,15H,5-6,9-14H2,1-2H3,(H,23,27). The Kier molecular flexibility index (Phi) is 5.20. The van der Waals surface area contributed by atoms with Crippen LogP contribution in [0.4, 0.5) is 5.69 Å². The van der Waals surface area contributed by atoms with E-state index in [1.165, 1.54) is 5.56 Å². The highest BCUT2D eigenvalue weighted by atomic mass is 16.2. The van der Waals surface area contributed by atoms with Crippen LogP contribution in [0, 0.1) is 5.92 Å². The van der Waals surface area contributed by atoms with Crippen molar-refractivity contribution in [1.29, 1.82) is 0 Å². The maximum Gasteiger partial charge on any atom is 0.287 e. The molecule has 6 heteroatoms. The van der Waals surface area contributed by atoms with Crippen LogP contribution in [0.5, 0.6) is 0 Å². The zero-order valence-electron chi connectivity index (χ0n) is 16.7. The Morgan fingerprint density at radius 2 is 1.96 bits per heavy atom. The third kappa shape index (κ3) is 3.43. The minimum atomic E-state index is -0.176. The molecule has 0 fully saturated rings. The van der Waals surface area contributed by atoms with Gasteiger partial charge < -0.3 is 14.8 Å². The molecule has 0 radical (unpaired) electrons. The van der Waals surface area contributed by atoms with Crippen LogP contribution in [-0.2, 0) is 19.4 Å². The fourth-order valence-corrected chi connectivity index (χ4v) is 4.12. The van der Waals surface area contributed by atoms with Crippen LogP contribution in [0.1, 0.15) is 65.5 Å². The van der Waals surface area contributed by atoms with Crippen molar-refractivity contribution in [3.63, 3.8) is 0 Å². The predicted octanol–water partition coefficient (Wildman–Crippen LogP) is 3.20. The topological polar surface area (TPSA) is 67.2 Å². The second-order valence-electron chi connectivity index (χ2n) is 8.11. The number of fused-ring (bicyclic) bond motifs is 2. The van der Waals surface area contributed by atoms with E-state index in [0.717, 1.165) is 50.0 Å². The van der Waals surface area contributed by atoms with Crippen LogP contribution >= 0.6 is 0 Å². The first-order valence-electron chi connectivity index (χ1n) is 10.3. The largest absolute Gasteiger partial charge is 0.349 e. The monoisotopic (exact) mass is 380 g/mol. The quantitative estimate of drug-likeness (QED) is 0.866. The molecule has 6 nitrogen and oxygen atoms in total. The molecule has 1 aromatic heterocycles. The predicted molar refractivity (Wildman–Crippen MR) is 109 cm³/mol. The summed E-state index contributed by atoms with van der Waals surface area (Å²) in [4.78, 5) is 32.5. The summed E-state index contributed by atoms with van der Waals surface area (Å²) in [6.07, 6.45) is 4.62. The average molecular weight is 380 g/mol. The maximum absolute atomic E-state index is 13.3. The van der Waals surface area contributed by atoms with E-state index < -0.39 is 0 Å². The Bertz CT molecular complexity index is 900. The fraction of sp³-hybridized carbons (Fsp3) is 0.500. The van der Waals surface area contributed by atoms with E-state index in [9.17, 15) is 9.59 Å². The third-order valence-electron chi connectivity index (χ3n) is 5.66. The van der Waals surface area contributed by atoms with Crippen molar-refractivity contribution < 1.29 is 9.59 Å². The number of amides is 2. The molecule has 0 spiro atoms. The molecule has 0 aliphatic carbocycles. The lowest BCUT2D eigenvalue weighted by molar-refractivity contribution is 0.0936. The molecule has 2 aliphatic heterocycles. The highest BCUT2D eigenvalue weighted by molar-refractivity contribution is 6.07.